The van der Waals surface area contributed by atoms with Crippen molar-refractivity contribution >= 4 is 28.9 Å². The predicted molar refractivity (Wildman–Crippen MR) is 85.1 cm³/mol. The second kappa shape index (κ2) is 6.24. The highest BCUT2D eigenvalue weighted by Gasteiger charge is 2.35. The van der Waals surface area contributed by atoms with Gasteiger partial charge >= 0.3 is 0 Å². The molecule has 2 aliphatic rings. The van der Waals surface area contributed by atoms with Crippen molar-refractivity contribution in [2.75, 3.05) is 29.2 Å². The third kappa shape index (κ3) is 3.33. The Kier molecular flexibility index (Phi) is 4.36. The highest BCUT2D eigenvalue weighted by molar-refractivity contribution is 6.18. The van der Waals surface area contributed by atoms with Gasteiger partial charge in [0.05, 0.1) is 12.0 Å². The Hall–Kier alpha value is -1.26. The third-order valence-electron chi connectivity index (χ3n) is 4.11. The number of hydrogen-bond acceptors (Lipinski definition) is 3. The first-order valence-electron chi connectivity index (χ1n) is 7.61. The number of aliphatic hydroxyl groups excluding tert-OH is 1. The number of nitrogens with zero attached hydrogens (tertiary/aromatic N) is 1. The number of alkyl halides is 1. The number of rotatable bonds is 5. The molecule has 4 nitrogen and oxygen atoms in total. The Balaban J connectivity index is 1.73. The van der Waals surface area contributed by atoms with Crippen molar-refractivity contribution in [2.24, 2.45) is 5.92 Å². The van der Waals surface area contributed by atoms with Crippen LogP contribution in [0.4, 0.5) is 11.4 Å². The maximum absolute atomic E-state index is 12.3. The van der Waals surface area contributed by atoms with E-state index in [1.807, 2.05) is 17.0 Å². The van der Waals surface area contributed by atoms with E-state index in [-0.39, 0.29) is 17.7 Å². The molecule has 2 N–H and O–H groups in total. The van der Waals surface area contributed by atoms with Gasteiger partial charge in [-0.25, -0.2) is 0 Å². The van der Waals surface area contributed by atoms with E-state index in [1.165, 1.54) is 5.56 Å². The topological polar surface area (TPSA) is 52.6 Å². The Labute approximate surface area is 130 Å². The zero-order valence-electron chi connectivity index (χ0n) is 12.0. The molecule has 1 unspecified atom stereocenters. The largest absolute Gasteiger partial charge is 0.390 e. The molecule has 1 fully saturated rings. The summed E-state index contributed by atoms with van der Waals surface area (Å²) in [5, 5.41) is 12.7. The second-order valence-corrected chi connectivity index (χ2v) is 6.21. The first kappa shape index (κ1) is 14.7. The van der Waals surface area contributed by atoms with Gasteiger partial charge in [0, 0.05) is 30.4 Å². The van der Waals surface area contributed by atoms with Gasteiger partial charge in [-0.2, -0.15) is 0 Å². The normalized spacial score (nSPS) is 19.0. The van der Waals surface area contributed by atoms with Crippen LogP contribution in [0.5, 0.6) is 0 Å². The van der Waals surface area contributed by atoms with Gasteiger partial charge in [0.2, 0.25) is 5.91 Å². The van der Waals surface area contributed by atoms with Gasteiger partial charge in [-0.15, -0.1) is 11.6 Å². The highest BCUT2D eigenvalue weighted by atomic mass is 35.5. The van der Waals surface area contributed by atoms with Crippen molar-refractivity contribution in [3.05, 3.63) is 23.8 Å². The maximum atomic E-state index is 12.3. The number of carbonyl (C=O) groups is 1. The van der Waals surface area contributed by atoms with Crippen molar-refractivity contribution in [1.82, 2.24) is 0 Å². The van der Waals surface area contributed by atoms with Crippen LogP contribution in [-0.2, 0) is 11.2 Å². The van der Waals surface area contributed by atoms with Gasteiger partial charge < -0.3 is 15.3 Å². The summed E-state index contributed by atoms with van der Waals surface area (Å²) < 4.78 is 0. The van der Waals surface area contributed by atoms with E-state index in [9.17, 15) is 9.90 Å². The monoisotopic (exact) mass is 308 g/mol. The van der Waals surface area contributed by atoms with E-state index in [2.05, 4.69) is 11.4 Å². The lowest BCUT2D eigenvalue weighted by Gasteiger charge is -2.30. The van der Waals surface area contributed by atoms with E-state index in [1.54, 1.807) is 0 Å². The summed E-state index contributed by atoms with van der Waals surface area (Å²) in [5.74, 6) is 0.767. The minimum Gasteiger partial charge on any atom is -0.390 e. The van der Waals surface area contributed by atoms with Crippen LogP contribution in [0.15, 0.2) is 18.2 Å². The number of anilines is 2. The van der Waals surface area contributed by atoms with Crippen LogP contribution in [0, 0.1) is 5.92 Å². The van der Waals surface area contributed by atoms with Crippen LogP contribution in [0.2, 0.25) is 0 Å². The Bertz CT molecular complexity index is 531. The number of fused-ring (bicyclic) bond motifs is 1. The number of benzene rings is 1. The van der Waals surface area contributed by atoms with Gasteiger partial charge in [0.25, 0.3) is 0 Å². The average Bonchev–Trinajstić information content (AvgIpc) is 3.35. The number of amides is 1. The minimum atomic E-state index is -0.546. The molecule has 0 radical (unpaired) electrons. The summed E-state index contributed by atoms with van der Waals surface area (Å²) in [7, 11) is 0. The lowest BCUT2D eigenvalue weighted by Crippen LogP contribution is -2.36. The fourth-order valence-corrected chi connectivity index (χ4v) is 2.89. The summed E-state index contributed by atoms with van der Waals surface area (Å²) in [6.07, 6.45) is 3.55. The second-order valence-electron chi connectivity index (χ2n) is 5.90. The van der Waals surface area contributed by atoms with Gasteiger partial charge in [0.15, 0.2) is 0 Å². The molecule has 1 aromatic carbocycles. The number of halogens is 1. The summed E-state index contributed by atoms with van der Waals surface area (Å²) in [6, 6.07) is 6.07. The molecule has 5 heteroatoms. The predicted octanol–water partition coefficient (Wildman–Crippen LogP) is 2.39. The summed E-state index contributed by atoms with van der Waals surface area (Å²) in [4.78, 5) is 14.3. The summed E-state index contributed by atoms with van der Waals surface area (Å²) in [5.41, 5.74) is 3.24. The van der Waals surface area contributed by atoms with E-state index < -0.39 is 6.10 Å². The molecule has 3 rings (SSSR count). The van der Waals surface area contributed by atoms with Crippen LogP contribution in [0.25, 0.3) is 0 Å². The maximum Gasteiger partial charge on any atom is 0.230 e. The molecule has 1 amide bonds. The van der Waals surface area contributed by atoms with Gasteiger partial charge in [-0.05, 0) is 49.4 Å². The van der Waals surface area contributed by atoms with Crippen LogP contribution < -0.4 is 10.2 Å². The van der Waals surface area contributed by atoms with E-state index >= 15 is 0 Å². The average molecular weight is 309 g/mol. The number of hydrogen-bond donors (Lipinski definition) is 2. The fraction of sp³-hybridized carbons (Fsp3) is 0.562. The Morgan fingerprint density at radius 1 is 1.48 bits per heavy atom. The van der Waals surface area contributed by atoms with E-state index in [0.29, 0.717) is 6.54 Å². The smallest absolute Gasteiger partial charge is 0.230 e. The van der Waals surface area contributed by atoms with E-state index in [0.717, 1.165) is 43.6 Å². The number of nitrogens with one attached hydrogen (secondary N) is 1. The van der Waals surface area contributed by atoms with Crippen molar-refractivity contribution in [1.29, 1.82) is 0 Å². The Morgan fingerprint density at radius 2 is 2.29 bits per heavy atom. The summed E-state index contributed by atoms with van der Waals surface area (Å²) >= 11 is 5.59. The molecule has 0 bridgehead atoms. The third-order valence-corrected chi connectivity index (χ3v) is 4.47. The van der Waals surface area contributed by atoms with Crippen LogP contribution >= 0.6 is 11.6 Å². The molecule has 0 aromatic heterocycles. The lowest BCUT2D eigenvalue weighted by atomic mass is 10.0. The quantitative estimate of drug-likeness (QED) is 0.821. The molecule has 0 spiro atoms. The highest BCUT2D eigenvalue weighted by Crippen LogP contribution is 2.36. The minimum absolute atomic E-state index is 0.224. The molecule has 1 saturated carbocycles. The number of aliphatic hydroxyl groups is 1. The molecule has 1 atom stereocenters. The van der Waals surface area contributed by atoms with E-state index in [4.69, 9.17) is 11.6 Å². The number of aryl methyl sites for hydroxylation is 1. The van der Waals surface area contributed by atoms with Gasteiger partial charge in [-0.1, -0.05) is 0 Å². The van der Waals surface area contributed by atoms with Crippen molar-refractivity contribution in [3.8, 4) is 0 Å². The molecule has 21 heavy (non-hydrogen) atoms. The lowest BCUT2D eigenvalue weighted by molar-refractivity contribution is -0.119. The van der Waals surface area contributed by atoms with Crippen LogP contribution in [-0.4, -0.2) is 36.1 Å². The first-order valence-corrected chi connectivity index (χ1v) is 8.14. The van der Waals surface area contributed by atoms with Gasteiger partial charge in [0.1, 0.15) is 0 Å². The van der Waals surface area contributed by atoms with Crippen LogP contribution in [0.1, 0.15) is 24.8 Å². The van der Waals surface area contributed by atoms with Gasteiger partial charge in [-0.3, -0.25) is 4.79 Å². The summed E-state index contributed by atoms with van der Waals surface area (Å²) in [6.45, 7) is 1.27. The Morgan fingerprint density at radius 3 is 3.00 bits per heavy atom. The zero-order chi connectivity index (χ0) is 14.8. The molecular weight excluding hydrogens is 288 g/mol. The van der Waals surface area contributed by atoms with Crippen molar-refractivity contribution in [3.63, 3.8) is 0 Å². The van der Waals surface area contributed by atoms with Crippen molar-refractivity contribution < 1.29 is 9.90 Å². The molecule has 1 aliphatic heterocycles. The molecule has 114 valence electrons. The van der Waals surface area contributed by atoms with Crippen molar-refractivity contribution in [2.45, 2.75) is 31.8 Å². The fourth-order valence-electron chi connectivity index (χ4n) is 2.78. The molecule has 1 heterocycles. The molecule has 1 aliphatic carbocycles. The standard InChI is InChI=1S/C16H21ClN2O2/c17-9-14(20)10-18-13-5-6-15-12(8-13)2-1-7-19(15)16(21)11-3-4-11/h5-6,8,11,14,18,20H,1-4,7,9-10H2. The first-order chi connectivity index (χ1) is 10.2. The molecule has 0 saturated heterocycles. The SMILES string of the molecule is O=C(C1CC1)N1CCCc2cc(NCC(O)CCl)ccc21. The zero-order valence-corrected chi connectivity index (χ0v) is 12.8. The molecular formula is C16H21ClN2O2. The van der Waals surface area contributed by atoms with Crippen LogP contribution in [0.3, 0.4) is 0 Å². The molecule has 1 aromatic rings. The number of carbonyl (C=O) groups excluding carboxylic acids is 1.